The Morgan fingerprint density at radius 3 is 2.79 bits per heavy atom. The van der Waals surface area contributed by atoms with Crippen molar-refractivity contribution in [2.45, 2.75) is 12.3 Å². The molecule has 0 bridgehead atoms. The lowest BCUT2D eigenvalue weighted by molar-refractivity contribution is 0.173. The third-order valence-corrected chi connectivity index (χ3v) is 4.71. The molecular formula is C19H20FNO3. The highest BCUT2D eigenvalue weighted by Gasteiger charge is 2.27. The van der Waals surface area contributed by atoms with Crippen LogP contribution in [-0.4, -0.2) is 26.5 Å². The first-order chi connectivity index (χ1) is 11.8. The summed E-state index contributed by atoms with van der Waals surface area (Å²) in [7, 11) is 0. The van der Waals surface area contributed by atoms with Crippen LogP contribution in [0.25, 0.3) is 0 Å². The summed E-state index contributed by atoms with van der Waals surface area (Å²) in [5, 5.41) is 3.43. The van der Waals surface area contributed by atoms with Crippen LogP contribution >= 0.6 is 0 Å². The van der Waals surface area contributed by atoms with Gasteiger partial charge in [-0.25, -0.2) is 4.39 Å². The Bertz CT molecular complexity index is 704. The predicted molar refractivity (Wildman–Crippen MR) is 88.2 cm³/mol. The highest BCUT2D eigenvalue weighted by molar-refractivity contribution is 5.46. The van der Waals surface area contributed by atoms with Gasteiger partial charge in [-0.15, -0.1) is 0 Å². The van der Waals surface area contributed by atoms with Crippen LogP contribution in [0.15, 0.2) is 42.5 Å². The second kappa shape index (κ2) is 6.69. The van der Waals surface area contributed by atoms with E-state index in [1.807, 2.05) is 30.3 Å². The molecule has 2 atom stereocenters. The minimum Gasteiger partial charge on any atom is -0.493 e. The molecule has 2 aromatic carbocycles. The van der Waals surface area contributed by atoms with E-state index in [9.17, 15) is 4.39 Å². The number of piperidine rings is 1. The van der Waals surface area contributed by atoms with Gasteiger partial charge in [0.05, 0.1) is 6.61 Å². The number of hydrogen-bond donors (Lipinski definition) is 1. The summed E-state index contributed by atoms with van der Waals surface area (Å²) in [4.78, 5) is 0. The van der Waals surface area contributed by atoms with Crippen molar-refractivity contribution in [3.05, 3.63) is 53.8 Å². The quantitative estimate of drug-likeness (QED) is 0.934. The molecule has 1 saturated heterocycles. The van der Waals surface area contributed by atoms with E-state index in [-0.39, 0.29) is 12.6 Å². The van der Waals surface area contributed by atoms with Crippen LogP contribution in [0.4, 0.5) is 4.39 Å². The molecule has 2 aliphatic rings. The van der Waals surface area contributed by atoms with E-state index < -0.39 is 0 Å². The largest absolute Gasteiger partial charge is 0.493 e. The number of nitrogens with one attached hydrogen (secondary N) is 1. The van der Waals surface area contributed by atoms with Crippen LogP contribution in [-0.2, 0) is 0 Å². The van der Waals surface area contributed by atoms with Crippen molar-refractivity contribution in [1.29, 1.82) is 0 Å². The molecule has 126 valence electrons. The zero-order valence-electron chi connectivity index (χ0n) is 13.3. The van der Waals surface area contributed by atoms with Crippen LogP contribution in [0.1, 0.15) is 17.9 Å². The minimum atomic E-state index is -0.194. The first-order valence-electron chi connectivity index (χ1n) is 8.28. The minimum absolute atomic E-state index is 0.194. The van der Waals surface area contributed by atoms with Crippen molar-refractivity contribution in [3.8, 4) is 17.2 Å². The van der Waals surface area contributed by atoms with Crippen LogP contribution in [0.5, 0.6) is 17.2 Å². The van der Waals surface area contributed by atoms with E-state index in [0.29, 0.717) is 18.4 Å². The van der Waals surface area contributed by atoms with Gasteiger partial charge in [0.25, 0.3) is 0 Å². The van der Waals surface area contributed by atoms with Gasteiger partial charge < -0.3 is 19.5 Å². The molecule has 0 spiro atoms. The molecule has 4 nitrogen and oxygen atoms in total. The van der Waals surface area contributed by atoms with Crippen molar-refractivity contribution in [2.75, 3.05) is 26.5 Å². The molecule has 1 fully saturated rings. The molecule has 5 heteroatoms. The summed E-state index contributed by atoms with van der Waals surface area (Å²) >= 11 is 0. The van der Waals surface area contributed by atoms with Gasteiger partial charge in [-0.3, -0.25) is 0 Å². The van der Waals surface area contributed by atoms with Crippen LogP contribution in [0.2, 0.25) is 0 Å². The van der Waals surface area contributed by atoms with Crippen LogP contribution in [0, 0.1) is 11.7 Å². The Morgan fingerprint density at radius 1 is 1.08 bits per heavy atom. The zero-order valence-corrected chi connectivity index (χ0v) is 13.3. The molecule has 0 radical (unpaired) electrons. The molecule has 0 amide bonds. The van der Waals surface area contributed by atoms with Gasteiger partial charge in [0.1, 0.15) is 11.6 Å². The van der Waals surface area contributed by atoms with E-state index in [0.717, 1.165) is 36.8 Å². The van der Waals surface area contributed by atoms with Gasteiger partial charge in [-0.2, -0.15) is 0 Å². The lowest BCUT2D eigenvalue weighted by atomic mass is 9.81. The van der Waals surface area contributed by atoms with Gasteiger partial charge in [0.15, 0.2) is 11.5 Å². The van der Waals surface area contributed by atoms with E-state index in [2.05, 4.69) is 5.32 Å². The Labute approximate surface area is 140 Å². The Morgan fingerprint density at radius 2 is 1.92 bits per heavy atom. The van der Waals surface area contributed by atoms with Crippen molar-refractivity contribution in [1.82, 2.24) is 5.32 Å². The summed E-state index contributed by atoms with van der Waals surface area (Å²) in [6.07, 6.45) is 1.03. The predicted octanol–water partition coefficient (Wildman–Crippen LogP) is 3.33. The summed E-state index contributed by atoms with van der Waals surface area (Å²) in [6.45, 7) is 2.74. The molecule has 2 heterocycles. The number of ether oxygens (including phenoxy) is 3. The van der Waals surface area contributed by atoms with E-state index in [4.69, 9.17) is 14.2 Å². The third kappa shape index (κ3) is 3.17. The number of fused-ring (bicyclic) bond motifs is 1. The van der Waals surface area contributed by atoms with Crippen molar-refractivity contribution >= 4 is 0 Å². The summed E-state index contributed by atoms with van der Waals surface area (Å²) < 4.78 is 29.9. The third-order valence-electron chi connectivity index (χ3n) is 4.71. The van der Waals surface area contributed by atoms with Crippen molar-refractivity contribution < 1.29 is 18.6 Å². The number of rotatable bonds is 4. The average Bonchev–Trinajstić information content (AvgIpc) is 3.09. The Hall–Kier alpha value is -2.27. The second-order valence-corrected chi connectivity index (χ2v) is 6.24. The van der Waals surface area contributed by atoms with Crippen molar-refractivity contribution in [2.24, 2.45) is 5.92 Å². The molecule has 2 aromatic rings. The highest BCUT2D eigenvalue weighted by atomic mass is 19.1. The highest BCUT2D eigenvalue weighted by Crippen LogP contribution is 2.36. The fourth-order valence-electron chi connectivity index (χ4n) is 3.42. The maximum atomic E-state index is 13.2. The monoisotopic (exact) mass is 329 g/mol. The van der Waals surface area contributed by atoms with Gasteiger partial charge in [-0.05, 0) is 48.7 Å². The molecule has 2 aliphatic heterocycles. The lowest BCUT2D eigenvalue weighted by Gasteiger charge is -2.32. The molecule has 24 heavy (non-hydrogen) atoms. The SMILES string of the molecule is Fc1ccc([C@H]2CCNCC2COc2ccc3c(c2)OCO3)cc1. The summed E-state index contributed by atoms with van der Waals surface area (Å²) in [5.74, 6) is 2.79. The fraction of sp³-hybridized carbons (Fsp3) is 0.368. The molecule has 0 saturated carbocycles. The summed E-state index contributed by atoms with van der Waals surface area (Å²) in [6, 6.07) is 12.5. The molecule has 1 unspecified atom stereocenters. The van der Waals surface area contributed by atoms with Crippen molar-refractivity contribution in [3.63, 3.8) is 0 Å². The molecule has 0 aliphatic carbocycles. The van der Waals surface area contributed by atoms with Gasteiger partial charge in [0, 0.05) is 18.5 Å². The first-order valence-corrected chi connectivity index (χ1v) is 8.28. The standard InChI is InChI=1S/C19H20FNO3/c20-15-3-1-13(2-4-15)17-7-8-21-10-14(17)11-22-16-5-6-18-19(9-16)24-12-23-18/h1-6,9,14,17,21H,7-8,10-12H2/t14?,17-/m1/s1. The average molecular weight is 329 g/mol. The zero-order chi connectivity index (χ0) is 16.4. The van der Waals surface area contributed by atoms with Crippen LogP contribution in [0.3, 0.4) is 0 Å². The smallest absolute Gasteiger partial charge is 0.231 e. The second-order valence-electron chi connectivity index (χ2n) is 6.24. The molecule has 1 N–H and O–H groups in total. The van der Waals surface area contributed by atoms with Gasteiger partial charge in [-0.1, -0.05) is 12.1 Å². The molecular weight excluding hydrogens is 309 g/mol. The van der Waals surface area contributed by atoms with E-state index >= 15 is 0 Å². The molecule has 4 rings (SSSR count). The Kier molecular flexibility index (Phi) is 4.26. The maximum absolute atomic E-state index is 13.2. The fourth-order valence-corrected chi connectivity index (χ4v) is 3.42. The van der Waals surface area contributed by atoms with Gasteiger partial charge in [0.2, 0.25) is 6.79 Å². The normalized spacial score (nSPS) is 22.4. The first kappa shape index (κ1) is 15.3. The number of hydrogen-bond acceptors (Lipinski definition) is 4. The van der Waals surface area contributed by atoms with E-state index in [1.54, 1.807) is 0 Å². The van der Waals surface area contributed by atoms with Gasteiger partial charge >= 0.3 is 0 Å². The maximum Gasteiger partial charge on any atom is 0.231 e. The van der Waals surface area contributed by atoms with E-state index in [1.165, 1.54) is 17.7 Å². The number of halogens is 1. The Balaban J connectivity index is 1.44. The molecule has 0 aromatic heterocycles. The summed E-state index contributed by atoms with van der Waals surface area (Å²) in [5.41, 5.74) is 1.18. The topological polar surface area (TPSA) is 39.7 Å². The lowest BCUT2D eigenvalue weighted by Crippen LogP contribution is -2.38. The number of benzene rings is 2. The van der Waals surface area contributed by atoms with Crippen LogP contribution < -0.4 is 19.5 Å².